The zero-order valence-electron chi connectivity index (χ0n) is 22.3. The molecule has 3 atom stereocenters. The van der Waals surface area contributed by atoms with E-state index in [-0.39, 0.29) is 11.7 Å². The number of likely N-dealkylation sites (N-methyl/N-ethyl adjacent to an activating group) is 2. The van der Waals surface area contributed by atoms with Gasteiger partial charge in [-0.2, -0.15) is 4.98 Å². The lowest BCUT2D eigenvalue weighted by molar-refractivity contribution is -0.0884. The molecule has 4 aliphatic rings. The lowest BCUT2D eigenvalue weighted by Gasteiger charge is -2.36. The van der Waals surface area contributed by atoms with Crippen LogP contribution in [0.2, 0.25) is 5.02 Å². The van der Waals surface area contributed by atoms with Crippen molar-refractivity contribution < 1.29 is 18.6 Å². The van der Waals surface area contributed by atoms with Gasteiger partial charge < -0.3 is 35.2 Å². The second-order valence-corrected chi connectivity index (χ2v) is 11.6. The normalized spacial score (nSPS) is 26.4. The fraction of sp³-hybridized carbons (Fsp3) is 0.556. The van der Waals surface area contributed by atoms with Gasteiger partial charge in [0, 0.05) is 43.1 Å². The van der Waals surface area contributed by atoms with Gasteiger partial charge >= 0.3 is 5.92 Å². The minimum Gasteiger partial charge on any atom is -0.485 e. The zero-order chi connectivity index (χ0) is 27.5. The SMILES string of the molecule is CN1c2ccc(Nc3nc(N4CCC[C@H](N(C)C)C4)ncc3Cl)cc2C2=C(OCC(F)(F)[C@H](C3CC3)N2)C1O. The molecule has 2 aromatic rings. The van der Waals surface area contributed by atoms with Crippen LogP contribution < -0.4 is 20.4 Å². The largest absolute Gasteiger partial charge is 0.485 e. The van der Waals surface area contributed by atoms with Crippen molar-refractivity contribution >= 4 is 40.4 Å². The van der Waals surface area contributed by atoms with Crippen LogP contribution in [0.1, 0.15) is 31.2 Å². The van der Waals surface area contributed by atoms with Crippen LogP contribution in [0.15, 0.2) is 30.2 Å². The first-order valence-electron chi connectivity index (χ1n) is 13.4. The number of benzene rings is 1. The Morgan fingerprint density at radius 3 is 2.79 bits per heavy atom. The number of hydrogen-bond donors (Lipinski definition) is 3. The molecule has 1 aromatic carbocycles. The van der Waals surface area contributed by atoms with Gasteiger partial charge in [0.2, 0.25) is 5.95 Å². The van der Waals surface area contributed by atoms with E-state index in [1.54, 1.807) is 18.1 Å². The van der Waals surface area contributed by atoms with Crippen molar-refractivity contribution in [2.75, 3.05) is 56.0 Å². The van der Waals surface area contributed by atoms with Gasteiger partial charge in [0.05, 0.1) is 17.9 Å². The molecule has 0 amide bonds. The minimum absolute atomic E-state index is 0.105. The molecule has 3 aliphatic heterocycles. The molecule has 1 aromatic heterocycles. The molecule has 1 saturated heterocycles. The van der Waals surface area contributed by atoms with Crippen LogP contribution in [0, 0.1) is 5.92 Å². The minimum atomic E-state index is -3.06. The quantitative estimate of drug-likeness (QED) is 0.503. The Hall–Kier alpha value is -2.89. The first-order valence-corrected chi connectivity index (χ1v) is 13.8. The van der Waals surface area contributed by atoms with E-state index in [0.717, 1.165) is 38.8 Å². The van der Waals surface area contributed by atoms with Crippen LogP contribution in [0.5, 0.6) is 0 Å². The molecule has 210 valence electrons. The fourth-order valence-electron chi connectivity index (χ4n) is 5.70. The van der Waals surface area contributed by atoms with Gasteiger partial charge in [0.25, 0.3) is 0 Å². The predicted octanol–water partition coefficient (Wildman–Crippen LogP) is 3.87. The Balaban J connectivity index is 1.31. The van der Waals surface area contributed by atoms with Gasteiger partial charge in [-0.25, -0.2) is 13.8 Å². The van der Waals surface area contributed by atoms with Crippen molar-refractivity contribution in [2.24, 2.45) is 5.92 Å². The van der Waals surface area contributed by atoms with E-state index in [2.05, 4.69) is 39.5 Å². The summed E-state index contributed by atoms with van der Waals surface area (Å²) in [6.07, 6.45) is 4.08. The number of hydrogen-bond acceptors (Lipinski definition) is 9. The first kappa shape index (κ1) is 26.3. The summed E-state index contributed by atoms with van der Waals surface area (Å²) in [5, 5.41) is 17.6. The Morgan fingerprint density at radius 1 is 1.26 bits per heavy atom. The number of aromatic nitrogens is 2. The molecule has 1 aliphatic carbocycles. The molecule has 2 fully saturated rings. The summed E-state index contributed by atoms with van der Waals surface area (Å²) in [6.45, 7) is 0.925. The Labute approximate surface area is 231 Å². The third-order valence-corrected chi connectivity index (χ3v) is 8.44. The number of nitrogens with zero attached hydrogens (tertiary/aromatic N) is 5. The highest BCUT2D eigenvalue weighted by Gasteiger charge is 2.52. The number of rotatable bonds is 5. The molecule has 3 N–H and O–H groups in total. The van der Waals surface area contributed by atoms with Crippen LogP contribution in [0.4, 0.5) is 31.9 Å². The molecule has 12 heteroatoms. The molecule has 0 bridgehead atoms. The Morgan fingerprint density at radius 2 is 2.05 bits per heavy atom. The highest BCUT2D eigenvalue weighted by molar-refractivity contribution is 6.32. The number of piperidine rings is 1. The van der Waals surface area contributed by atoms with Crippen LogP contribution in [-0.4, -0.2) is 85.0 Å². The van der Waals surface area contributed by atoms with Crippen molar-refractivity contribution in [1.82, 2.24) is 20.2 Å². The number of aliphatic hydroxyl groups is 1. The molecule has 6 rings (SSSR count). The van der Waals surface area contributed by atoms with E-state index in [4.69, 9.17) is 21.3 Å². The number of alkyl halides is 2. The predicted molar refractivity (Wildman–Crippen MR) is 148 cm³/mol. The molecule has 9 nitrogen and oxygen atoms in total. The maximum Gasteiger partial charge on any atom is 0.301 e. The van der Waals surface area contributed by atoms with Crippen molar-refractivity contribution in [3.05, 3.63) is 40.7 Å². The maximum atomic E-state index is 15.0. The van der Waals surface area contributed by atoms with Gasteiger partial charge in [-0.3, -0.25) is 0 Å². The highest BCUT2D eigenvalue weighted by Crippen LogP contribution is 2.46. The summed E-state index contributed by atoms with van der Waals surface area (Å²) >= 11 is 6.49. The van der Waals surface area contributed by atoms with Gasteiger partial charge in [0.1, 0.15) is 5.02 Å². The number of anilines is 4. The number of ether oxygens (including phenoxy) is 1. The summed E-state index contributed by atoms with van der Waals surface area (Å²) < 4.78 is 35.5. The third kappa shape index (κ3) is 4.96. The topological polar surface area (TPSA) is 89.0 Å². The molecular formula is C27H34ClF2N7O2. The monoisotopic (exact) mass is 561 g/mol. The van der Waals surface area contributed by atoms with E-state index in [1.807, 2.05) is 18.2 Å². The second-order valence-electron chi connectivity index (χ2n) is 11.2. The fourth-order valence-corrected chi connectivity index (χ4v) is 5.83. The van der Waals surface area contributed by atoms with Gasteiger partial charge in [-0.15, -0.1) is 0 Å². The van der Waals surface area contributed by atoms with Crippen LogP contribution in [0.25, 0.3) is 5.70 Å². The summed E-state index contributed by atoms with van der Waals surface area (Å²) in [4.78, 5) is 15.2. The van der Waals surface area contributed by atoms with E-state index in [9.17, 15) is 13.9 Å². The van der Waals surface area contributed by atoms with Crippen molar-refractivity contribution in [1.29, 1.82) is 0 Å². The van der Waals surface area contributed by atoms with Crippen LogP contribution in [-0.2, 0) is 4.74 Å². The van der Waals surface area contributed by atoms with Crippen molar-refractivity contribution in [2.45, 2.75) is 49.9 Å². The van der Waals surface area contributed by atoms with Gasteiger partial charge in [-0.05, 0) is 63.9 Å². The Kier molecular flexibility index (Phi) is 6.71. The molecule has 0 radical (unpaired) electrons. The summed E-state index contributed by atoms with van der Waals surface area (Å²) in [5.41, 5.74) is 2.41. The summed E-state index contributed by atoms with van der Waals surface area (Å²) in [6, 6.07) is 4.89. The molecule has 1 saturated carbocycles. The smallest absolute Gasteiger partial charge is 0.301 e. The molecule has 4 heterocycles. The number of fused-ring (bicyclic) bond motifs is 2. The van der Waals surface area contributed by atoms with Crippen LogP contribution >= 0.6 is 11.6 Å². The molecular weight excluding hydrogens is 528 g/mol. The average Bonchev–Trinajstić information content (AvgIpc) is 3.76. The lowest BCUT2D eigenvalue weighted by Crippen LogP contribution is -2.47. The average molecular weight is 562 g/mol. The zero-order valence-corrected chi connectivity index (χ0v) is 23.0. The van der Waals surface area contributed by atoms with E-state index in [1.165, 1.54) is 0 Å². The molecule has 0 spiro atoms. The second kappa shape index (κ2) is 9.94. The van der Waals surface area contributed by atoms with Crippen molar-refractivity contribution in [3.63, 3.8) is 0 Å². The first-order chi connectivity index (χ1) is 18.6. The summed E-state index contributed by atoms with van der Waals surface area (Å²) in [5.74, 6) is -2.02. The molecule has 39 heavy (non-hydrogen) atoms. The van der Waals surface area contributed by atoms with Crippen molar-refractivity contribution in [3.8, 4) is 0 Å². The third-order valence-electron chi connectivity index (χ3n) is 8.17. The number of aliphatic hydroxyl groups excluding tert-OH is 1. The number of halogens is 3. The van der Waals surface area contributed by atoms with E-state index in [0.29, 0.717) is 45.5 Å². The lowest BCUT2D eigenvalue weighted by atomic mass is 9.99. The Bertz CT molecular complexity index is 1290. The maximum absolute atomic E-state index is 15.0. The van der Waals surface area contributed by atoms with Crippen LogP contribution in [0.3, 0.4) is 0 Å². The van der Waals surface area contributed by atoms with Gasteiger partial charge in [0.15, 0.2) is 24.4 Å². The summed E-state index contributed by atoms with van der Waals surface area (Å²) in [7, 11) is 5.87. The number of nitrogens with one attached hydrogen (secondary N) is 2. The van der Waals surface area contributed by atoms with E-state index >= 15 is 0 Å². The standard InChI is InChI=1S/C27H34ClF2N7O2/c1-35(2)17-5-4-10-37(13-17)26-31-12-19(28)24(34-26)32-16-8-9-20-18(11-16)21-22(25(38)36(20)3)39-14-27(29,30)23(33-21)15-6-7-15/h8-9,11-12,15,17,23,25,33,38H,4-7,10,13-14H2,1-3H3,(H,31,32,34)/t17-,23-,25?/m0/s1. The van der Waals surface area contributed by atoms with Gasteiger partial charge in [-0.1, -0.05) is 11.6 Å². The highest BCUT2D eigenvalue weighted by atomic mass is 35.5. The molecule has 1 unspecified atom stereocenters. The van der Waals surface area contributed by atoms with E-state index < -0.39 is 24.8 Å².